The topological polar surface area (TPSA) is 84.9 Å². The SMILES string of the molecule is O=C(NC1CCCCCC1)C1CCCN1S(=O)(=O)c1ccc2c(c1)OCCO2. The third kappa shape index (κ3) is 3.98. The minimum Gasteiger partial charge on any atom is -0.486 e. The molecule has 1 saturated carbocycles. The number of fused-ring (bicyclic) bond motifs is 1. The second-order valence-corrected chi connectivity index (χ2v) is 9.67. The highest BCUT2D eigenvalue weighted by Crippen LogP contribution is 2.35. The molecule has 154 valence electrons. The van der Waals surface area contributed by atoms with E-state index in [1.807, 2.05) is 0 Å². The zero-order valence-corrected chi connectivity index (χ0v) is 16.9. The van der Waals surface area contributed by atoms with Gasteiger partial charge in [0.15, 0.2) is 11.5 Å². The summed E-state index contributed by atoms with van der Waals surface area (Å²) >= 11 is 0. The van der Waals surface area contributed by atoms with Gasteiger partial charge in [-0.3, -0.25) is 4.79 Å². The third-order valence-electron chi connectivity index (χ3n) is 5.83. The molecule has 2 heterocycles. The molecule has 8 heteroatoms. The number of hydrogen-bond donors (Lipinski definition) is 1. The normalized spacial score (nSPS) is 23.9. The van der Waals surface area contributed by atoms with Crippen LogP contribution in [0.25, 0.3) is 0 Å². The Morgan fingerprint density at radius 2 is 1.68 bits per heavy atom. The summed E-state index contributed by atoms with van der Waals surface area (Å²) in [6, 6.07) is 4.18. The van der Waals surface area contributed by atoms with Crippen molar-refractivity contribution >= 4 is 15.9 Å². The Balaban J connectivity index is 1.51. The number of carbonyl (C=O) groups excluding carboxylic acids is 1. The van der Waals surface area contributed by atoms with Gasteiger partial charge in [-0.25, -0.2) is 8.42 Å². The first-order valence-corrected chi connectivity index (χ1v) is 11.7. The summed E-state index contributed by atoms with van der Waals surface area (Å²) in [6.07, 6.45) is 7.86. The lowest BCUT2D eigenvalue weighted by Crippen LogP contribution is -2.48. The predicted molar refractivity (Wildman–Crippen MR) is 104 cm³/mol. The van der Waals surface area contributed by atoms with Crippen molar-refractivity contribution in [3.8, 4) is 11.5 Å². The highest BCUT2D eigenvalue weighted by atomic mass is 32.2. The molecule has 0 bridgehead atoms. The summed E-state index contributed by atoms with van der Waals surface area (Å²) in [4.78, 5) is 13.0. The molecule has 1 atom stereocenters. The van der Waals surface area contributed by atoms with Crippen molar-refractivity contribution in [3.63, 3.8) is 0 Å². The van der Waals surface area contributed by atoms with Crippen LogP contribution in [0, 0.1) is 0 Å². The van der Waals surface area contributed by atoms with E-state index in [1.165, 1.54) is 29.3 Å². The van der Waals surface area contributed by atoms with E-state index in [4.69, 9.17) is 9.47 Å². The molecule has 7 nitrogen and oxygen atoms in total. The summed E-state index contributed by atoms with van der Waals surface area (Å²) in [7, 11) is -3.78. The van der Waals surface area contributed by atoms with Crippen LogP contribution in [0.5, 0.6) is 11.5 Å². The molecule has 0 spiro atoms. The number of rotatable bonds is 4. The van der Waals surface area contributed by atoms with Crippen LogP contribution in [0.2, 0.25) is 0 Å². The maximum absolute atomic E-state index is 13.2. The molecule has 1 aromatic rings. The van der Waals surface area contributed by atoms with Gasteiger partial charge in [0.2, 0.25) is 15.9 Å². The molecular formula is C20H28N2O5S. The van der Waals surface area contributed by atoms with Crippen LogP contribution in [0.4, 0.5) is 0 Å². The fourth-order valence-electron chi connectivity index (χ4n) is 4.33. The first-order valence-electron chi connectivity index (χ1n) is 10.3. The maximum Gasteiger partial charge on any atom is 0.243 e. The zero-order chi connectivity index (χ0) is 19.6. The van der Waals surface area contributed by atoms with E-state index in [-0.39, 0.29) is 16.8 Å². The van der Waals surface area contributed by atoms with Gasteiger partial charge < -0.3 is 14.8 Å². The molecule has 0 aromatic heterocycles. The molecule has 4 rings (SSSR count). The average molecular weight is 409 g/mol. The van der Waals surface area contributed by atoms with Gasteiger partial charge in [0.25, 0.3) is 0 Å². The Morgan fingerprint density at radius 1 is 0.964 bits per heavy atom. The third-order valence-corrected chi connectivity index (χ3v) is 7.73. The lowest BCUT2D eigenvalue weighted by Gasteiger charge is -2.26. The Morgan fingerprint density at radius 3 is 2.43 bits per heavy atom. The van der Waals surface area contributed by atoms with Crippen LogP contribution in [0.1, 0.15) is 51.4 Å². The smallest absolute Gasteiger partial charge is 0.243 e. The molecule has 2 fully saturated rings. The molecule has 28 heavy (non-hydrogen) atoms. The summed E-state index contributed by atoms with van der Waals surface area (Å²) in [6.45, 7) is 1.21. The largest absolute Gasteiger partial charge is 0.486 e. The van der Waals surface area contributed by atoms with E-state index in [0.717, 1.165) is 25.7 Å². The quantitative estimate of drug-likeness (QED) is 0.774. The number of hydrogen-bond acceptors (Lipinski definition) is 5. The fourth-order valence-corrected chi connectivity index (χ4v) is 6.00. The molecular weight excluding hydrogens is 380 g/mol. The van der Waals surface area contributed by atoms with E-state index in [1.54, 1.807) is 6.07 Å². The minimum absolute atomic E-state index is 0.144. The second-order valence-electron chi connectivity index (χ2n) is 7.78. The fraction of sp³-hybridized carbons (Fsp3) is 0.650. The van der Waals surface area contributed by atoms with E-state index in [0.29, 0.717) is 44.1 Å². The van der Waals surface area contributed by atoms with Gasteiger partial charge in [0, 0.05) is 18.7 Å². The van der Waals surface area contributed by atoms with Crippen molar-refractivity contribution < 1.29 is 22.7 Å². The van der Waals surface area contributed by atoms with E-state index < -0.39 is 16.1 Å². The molecule has 1 unspecified atom stereocenters. The summed E-state index contributed by atoms with van der Waals surface area (Å²) in [5, 5.41) is 3.11. The van der Waals surface area contributed by atoms with Crippen molar-refractivity contribution in [1.82, 2.24) is 9.62 Å². The van der Waals surface area contributed by atoms with Crippen LogP contribution in [0.3, 0.4) is 0 Å². The van der Waals surface area contributed by atoms with E-state index in [2.05, 4.69) is 5.32 Å². The maximum atomic E-state index is 13.2. The number of ether oxygens (including phenoxy) is 2. The van der Waals surface area contributed by atoms with Crippen molar-refractivity contribution in [2.24, 2.45) is 0 Å². The van der Waals surface area contributed by atoms with Crippen molar-refractivity contribution in [3.05, 3.63) is 18.2 Å². The highest BCUT2D eigenvalue weighted by Gasteiger charge is 2.40. The van der Waals surface area contributed by atoms with Crippen LogP contribution in [-0.4, -0.2) is 50.5 Å². The Labute approximate surface area is 166 Å². The van der Waals surface area contributed by atoms with Crippen LogP contribution < -0.4 is 14.8 Å². The van der Waals surface area contributed by atoms with Crippen LogP contribution >= 0.6 is 0 Å². The van der Waals surface area contributed by atoms with Gasteiger partial charge in [-0.2, -0.15) is 4.31 Å². The number of amides is 1. The number of benzene rings is 1. The highest BCUT2D eigenvalue weighted by molar-refractivity contribution is 7.89. The monoisotopic (exact) mass is 408 g/mol. The molecule has 2 aliphatic heterocycles. The molecule has 1 amide bonds. The van der Waals surface area contributed by atoms with Gasteiger partial charge in [-0.15, -0.1) is 0 Å². The van der Waals surface area contributed by atoms with Crippen LogP contribution in [-0.2, 0) is 14.8 Å². The lowest BCUT2D eigenvalue weighted by atomic mass is 10.1. The average Bonchev–Trinajstić information content (AvgIpc) is 3.08. The van der Waals surface area contributed by atoms with E-state index in [9.17, 15) is 13.2 Å². The molecule has 1 aliphatic carbocycles. The summed E-state index contributed by atoms with van der Waals surface area (Å²) in [5.74, 6) is 0.825. The molecule has 1 saturated heterocycles. The summed E-state index contributed by atoms with van der Waals surface area (Å²) < 4.78 is 38.8. The Hall–Kier alpha value is -1.80. The van der Waals surface area contributed by atoms with Crippen LogP contribution in [0.15, 0.2) is 23.1 Å². The number of nitrogens with zero attached hydrogens (tertiary/aromatic N) is 1. The Bertz CT molecular complexity index is 818. The zero-order valence-electron chi connectivity index (χ0n) is 16.1. The van der Waals surface area contributed by atoms with Gasteiger partial charge in [0.05, 0.1) is 4.90 Å². The van der Waals surface area contributed by atoms with Crippen molar-refractivity contribution in [2.75, 3.05) is 19.8 Å². The summed E-state index contributed by atoms with van der Waals surface area (Å²) in [5.41, 5.74) is 0. The van der Waals surface area contributed by atoms with Gasteiger partial charge in [-0.1, -0.05) is 25.7 Å². The van der Waals surface area contributed by atoms with Crippen molar-refractivity contribution in [1.29, 1.82) is 0 Å². The molecule has 0 radical (unpaired) electrons. The molecule has 3 aliphatic rings. The van der Waals surface area contributed by atoms with E-state index >= 15 is 0 Å². The number of carbonyl (C=O) groups is 1. The van der Waals surface area contributed by atoms with Gasteiger partial charge in [-0.05, 0) is 37.8 Å². The molecule has 1 N–H and O–H groups in total. The number of sulfonamides is 1. The van der Waals surface area contributed by atoms with Crippen molar-refractivity contribution in [2.45, 2.75) is 68.3 Å². The standard InChI is InChI=1S/C20H28N2O5S/c23-20(21-15-6-3-1-2-4-7-15)17-8-5-11-22(17)28(24,25)16-9-10-18-19(14-16)27-13-12-26-18/h9-10,14-15,17H,1-8,11-13H2,(H,21,23). The number of nitrogens with one attached hydrogen (secondary N) is 1. The first-order chi connectivity index (χ1) is 13.6. The predicted octanol–water partition coefficient (Wildman–Crippen LogP) is 2.45. The molecule has 1 aromatic carbocycles. The Kier molecular flexibility index (Phi) is 5.78. The first kappa shape index (κ1) is 19.5. The van der Waals surface area contributed by atoms with Gasteiger partial charge in [0.1, 0.15) is 19.3 Å². The van der Waals surface area contributed by atoms with Gasteiger partial charge >= 0.3 is 0 Å². The lowest BCUT2D eigenvalue weighted by molar-refractivity contribution is -0.125. The second kappa shape index (κ2) is 8.29. The minimum atomic E-state index is -3.78.